The van der Waals surface area contributed by atoms with Crippen molar-refractivity contribution in [2.75, 3.05) is 13.1 Å². The lowest BCUT2D eigenvalue weighted by Crippen LogP contribution is -2.50. The Morgan fingerprint density at radius 3 is 2.61 bits per heavy atom. The summed E-state index contributed by atoms with van der Waals surface area (Å²) in [6.45, 7) is 6.11. The first-order valence-electron chi connectivity index (χ1n) is 8.14. The Balaban J connectivity index is 0.00000132. The molecular weight excluding hydrogens is 353 g/mol. The third-order valence-electron chi connectivity index (χ3n) is 4.87. The Bertz CT molecular complexity index is 517. The maximum absolute atomic E-state index is 12.5. The van der Waals surface area contributed by atoms with Crippen LogP contribution < -0.4 is 10.6 Å². The number of carbonyl (C=O) groups is 1. The monoisotopic (exact) mass is 379 g/mol. The zero-order chi connectivity index (χ0) is 14.8. The van der Waals surface area contributed by atoms with Crippen LogP contribution in [-0.2, 0) is 0 Å². The van der Waals surface area contributed by atoms with Crippen molar-refractivity contribution in [3.8, 4) is 0 Å². The van der Waals surface area contributed by atoms with Gasteiger partial charge in [0.2, 0.25) is 0 Å². The van der Waals surface area contributed by atoms with E-state index in [1.165, 1.54) is 30.7 Å². The molecule has 0 bridgehead atoms. The molecule has 1 aliphatic carbocycles. The third kappa shape index (κ3) is 4.81. The van der Waals surface area contributed by atoms with Gasteiger partial charge < -0.3 is 10.6 Å². The van der Waals surface area contributed by atoms with Crippen LogP contribution in [0, 0.1) is 12.8 Å². The SMILES string of the molecule is Cc1nc(C2CCCC2)sc1C(=O)NC1CNCCC1C.Cl.Cl. The van der Waals surface area contributed by atoms with E-state index in [4.69, 9.17) is 0 Å². The highest BCUT2D eigenvalue weighted by atomic mass is 35.5. The maximum Gasteiger partial charge on any atom is 0.263 e. The number of halogens is 2. The molecule has 4 nitrogen and oxygen atoms in total. The molecule has 0 spiro atoms. The van der Waals surface area contributed by atoms with E-state index in [1.54, 1.807) is 11.3 Å². The lowest BCUT2D eigenvalue weighted by molar-refractivity contribution is 0.0918. The van der Waals surface area contributed by atoms with Gasteiger partial charge in [-0.05, 0) is 38.6 Å². The summed E-state index contributed by atoms with van der Waals surface area (Å²) in [6.07, 6.45) is 6.20. The van der Waals surface area contributed by atoms with Gasteiger partial charge >= 0.3 is 0 Å². The molecule has 1 aliphatic heterocycles. The van der Waals surface area contributed by atoms with Gasteiger partial charge in [0.15, 0.2) is 0 Å². The molecule has 132 valence electrons. The van der Waals surface area contributed by atoms with Gasteiger partial charge in [0.05, 0.1) is 10.7 Å². The number of piperidine rings is 1. The fraction of sp³-hybridized carbons (Fsp3) is 0.750. The minimum atomic E-state index is 0. The summed E-state index contributed by atoms with van der Waals surface area (Å²) in [7, 11) is 0. The smallest absolute Gasteiger partial charge is 0.263 e. The van der Waals surface area contributed by atoms with Crippen molar-refractivity contribution >= 4 is 42.1 Å². The van der Waals surface area contributed by atoms with Gasteiger partial charge in [-0.3, -0.25) is 4.79 Å². The topological polar surface area (TPSA) is 54.0 Å². The number of carbonyl (C=O) groups excluding carboxylic acids is 1. The largest absolute Gasteiger partial charge is 0.347 e. The Morgan fingerprint density at radius 2 is 1.96 bits per heavy atom. The first-order chi connectivity index (χ1) is 10.1. The van der Waals surface area contributed by atoms with Crippen LogP contribution >= 0.6 is 36.2 Å². The molecule has 1 amide bonds. The van der Waals surface area contributed by atoms with E-state index in [0.29, 0.717) is 11.8 Å². The first-order valence-corrected chi connectivity index (χ1v) is 8.95. The number of hydrogen-bond donors (Lipinski definition) is 2. The van der Waals surface area contributed by atoms with Crippen molar-refractivity contribution in [1.29, 1.82) is 0 Å². The number of rotatable bonds is 3. The third-order valence-corrected chi connectivity index (χ3v) is 6.19. The second-order valence-corrected chi connectivity index (χ2v) is 7.53. The minimum absolute atomic E-state index is 0. The molecule has 2 atom stereocenters. The molecular formula is C16H27Cl2N3OS. The van der Waals surface area contributed by atoms with Gasteiger partial charge in [0, 0.05) is 18.5 Å². The predicted octanol–water partition coefficient (Wildman–Crippen LogP) is 3.68. The van der Waals surface area contributed by atoms with Crippen molar-refractivity contribution in [2.45, 2.75) is 57.9 Å². The molecule has 1 saturated heterocycles. The number of nitrogens with zero attached hydrogens (tertiary/aromatic N) is 1. The Labute approximate surface area is 155 Å². The van der Waals surface area contributed by atoms with Gasteiger partial charge in [-0.25, -0.2) is 4.98 Å². The van der Waals surface area contributed by atoms with E-state index in [9.17, 15) is 4.79 Å². The number of hydrogen-bond acceptors (Lipinski definition) is 4. The van der Waals surface area contributed by atoms with Gasteiger partial charge in [-0.2, -0.15) is 0 Å². The Kier molecular flexibility index (Phi) is 8.28. The molecule has 23 heavy (non-hydrogen) atoms. The van der Waals surface area contributed by atoms with Gasteiger partial charge in [0.25, 0.3) is 5.91 Å². The molecule has 7 heteroatoms. The molecule has 2 aliphatic rings. The summed E-state index contributed by atoms with van der Waals surface area (Å²) in [4.78, 5) is 18.0. The first kappa shape index (κ1) is 20.7. The fourth-order valence-electron chi connectivity index (χ4n) is 3.39. The fourth-order valence-corrected chi connectivity index (χ4v) is 4.53. The molecule has 0 radical (unpaired) electrons. The molecule has 1 aromatic heterocycles. The number of thiazole rings is 1. The summed E-state index contributed by atoms with van der Waals surface area (Å²) >= 11 is 1.61. The van der Waals surface area contributed by atoms with Crippen molar-refractivity contribution in [3.05, 3.63) is 15.6 Å². The lowest BCUT2D eigenvalue weighted by atomic mass is 9.95. The maximum atomic E-state index is 12.5. The highest BCUT2D eigenvalue weighted by molar-refractivity contribution is 7.13. The van der Waals surface area contributed by atoms with Crippen LogP contribution in [0.5, 0.6) is 0 Å². The van der Waals surface area contributed by atoms with E-state index in [0.717, 1.165) is 30.1 Å². The Morgan fingerprint density at radius 1 is 1.26 bits per heavy atom. The van der Waals surface area contributed by atoms with Gasteiger partial charge in [-0.15, -0.1) is 36.2 Å². The predicted molar refractivity (Wildman–Crippen MR) is 100 cm³/mol. The number of amides is 1. The van der Waals surface area contributed by atoms with Crippen LogP contribution in [-0.4, -0.2) is 30.0 Å². The summed E-state index contributed by atoms with van der Waals surface area (Å²) in [5, 5.41) is 7.73. The van der Waals surface area contributed by atoms with E-state index >= 15 is 0 Å². The van der Waals surface area contributed by atoms with E-state index < -0.39 is 0 Å². The normalized spacial score (nSPS) is 24.6. The van der Waals surface area contributed by atoms with Crippen LogP contribution in [0.15, 0.2) is 0 Å². The van der Waals surface area contributed by atoms with E-state index in [-0.39, 0.29) is 36.8 Å². The van der Waals surface area contributed by atoms with Gasteiger partial charge in [0.1, 0.15) is 4.88 Å². The number of aromatic nitrogens is 1. The molecule has 2 N–H and O–H groups in total. The highest BCUT2D eigenvalue weighted by Crippen LogP contribution is 2.37. The number of aryl methyl sites for hydroxylation is 1. The van der Waals surface area contributed by atoms with Crippen LogP contribution in [0.3, 0.4) is 0 Å². The summed E-state index contributed by atoms with van der Waals surface area (Å²) in [6, 6.07) is 0.239. The molecule has 2 heterocycles. The summed E-state index contributed by atoms with van der Waals surface area (Å²) < 4.78 is 0. The standard InChI is InChI=1S/C16H25N3OS.2ClH/c1-10-7-8-17-9-13(10)19-15(20)14-11(2)18-16(21-14)12-5-3-4-6-12;;/h10,12-13,17H,3-9H2,1-2H3,(H,19,20);2*1H. The van der Waals surface area contributed by atoms with E-state index in [1.807, 2.05) is 6.92 Å². The van der Waals surface area contributed by atoms with Crippen molar-refractivity contribution in [3.63, 3.8) is 0 Å². The van der Waals surface area contributed by atoms with Crippen molar-refractivity contribution in [1.82, 2.24) is 15.6 Å². The zero-order valence-corrected chi connectivity index (χ0v) is 16.2. The molecule has 1 saturated carbocycles. The molecule has 0 aromatic carbocycles. The number of nitrogens with one attached hydrogen (secondary N) is 2. The highest BCUT2D eigenvalue weighted by Gasteiger charge is 2.27. The zero-order valence-electron chi connectivity index (χ0n) is 13.8. The molecule has 2 fully saturated rings. The second kappa shape index (κ2) is 9.21. The van der Waals surface area contributed by atoms with Crippen LogP contribution in [0.25, 0.3) is 0 Å². The average molecular weight is 380 g/mol. The second-order valence-electron chi connectivity index (χ2n) is 6.50. The quantitative estimate of drug-likeness (QED) is 0.841. The molecule has 3 rings (SSSR count). The lowest BCUT2D eigenvalue weighted by Gasteiger charge is -2.30. The summed E-state index contributed by atoms with van der Waals surface area (Å²) in [5.74, 6) is 1.19. The van der Waals surface area contributed by atoms with Gasteiger partial charge in [-0.1, -0.05) is 19.8 Å². The van der Waals surface area contributed by atoms with Crippen LogP contribution in [0.4, 0.5) is 0 Å². The van der Waals surface area contributed by atoms with Crippen molar-refractivity contribution < 1.29 is 4.79 Å². The van der Waals surface area contributed by atoms with Crippen LogP contribution in [0.1, 0.15) is 65.3 Å². The van der Waals surface area contributed by atoms with Crippen LogP contribution in [0.2, 0.25) is 0 Å². The van der Waals surface area contributed by atoms with Crippen molar-refractivity contribution in [2.24, 2.45) is 5.92 Å². The summed E-state index contributed by atoms with van der Waals surface area (Å²) in [5.41, 5.74) is 0.899. The minimum Gasteiger partial charge on any atom is -0.347 e. The molecule has 2 unspecified atom stereocenters. The average Bonchev–Trinajstić information content (AvgIpc) is 3.10. The Hall–Kier alpha value is -0.360. The molecule has 1 aromatic rings. The van der Waals surface area contributed by atoms with E-state index in [2.05, 4.69) is 22.5 Å².